The van der Waals surface area contributed by atoms with Crippen molar-refractivity contribution >= 4 is 23.5 Å². The van der Waals surface area contributed by atoms with Gasteiger partial charge in [0.2, 0.25) is 0 Å². The minimum atomic E-state index is -0.296. The van der Waals surface area contributed by atoms with Crippen LogP contribution in [-0.2, 0) is 0 Å². The number of methoxy groups -OCH3 is 3. The van der Waals surface area contributed by atoms with Crippen LogP contribution in [0, 0.1) is 0 Å². The number of allylic oxidation sites excluding steroid dienone is 1. The molecule has 0 aliphatic rings. The second-order valence-corrected chi connectivity index (χ2v) is 6.55. The Morgan fingerprint density at radius 1 is 0.806 bits per heavy atom. The second-order valence-electron chi connectivity index (χ2n) is 6.55. The summed E-state index contributed by atoms with van der Waals surface area (Å²) < 4.78 is 15.9. The summed E-state index contributed by atoms with van der Waals surface area (Å²) in [6, 6.07) is 19.5. The zero-order valence-corrected chi connectivity index (χ0v) is 17.5. The van der Waals surface area contributed by atoms with E-state index in [-0.39, 0.29) is 11.7 Å². The Balaban J connectivity index is 1.82. The van der Waals surface area contributed by atoms with Crippen molar-refractivity contribution in [3.8, 4) is 17.2 Å². The van der Waals surface area contributed by atoms with Crippen molar-refractivity contribution in [2.75, 3.05) is 26.6 Å². The van der Waals surface area contributed by atoms with Gasteiger partial charge in [0.1, 0.15) is 22.8 Å². The lowest BCUT2D eigenvalue weighted by molar-refractivity contribution is 0.102. The molecule has 0 aliphatic heterocycles. The largest absolute Gasteiger partial charge is 0.496 e. The number of hydrogen-bond acceptors (Lipinski definition) is 5. The first-order valence-corrected chi connectivity index (χ1v) is 9.54. The molecule has 0 unspecified atom stereocenters. The van der Waals surface area contributed by atoms with Crippen molar-refractivity contribution in [1.29, 1.82) is 0 Å². The maximum atomic E-state index is 12.9. The van der Waals surface area contributed by atoms with Crippen molar-refractivity contribution in [1.82, 2.24) is 0 Å². The molecule has 6 heteroatoms. The van der Waals surface area contributed by atoms with Crippen LogP contribution in [0.2, 0.25) is 0 Å². The van der Waals surface area contributed by atoms with Gasteiger partial charge < -0.3 is 19.5 Å². The summed E-state index contributed by atoms with van der Waals surface area (Å²) in [6.45, 7) is 0. The number of para-hydroxylation sites is 1. The van der Waals surface area contributed by atoms with Crippen molar-refractivity contribution in [2.24, 2.45) is 0 Å². The first-order valence-electron chi connectivity index (χ1n) is 9.54. The van der Waals surface area contributed by atoms with E-state index in [1.165, 1.54) is 27.4 Å². The number of rotatable bonds is 8. The van der Waals surface area contributed by atoms with Crippen molar-refractivity contribution in [3.05, 3.63) is 89.5 Å². The number of benzene rings is 3. The normalized spacial score (nSPS) is 10.5. The van der Waals surface area contributed by atoms with Gasteiger partial charge in [0.05, 0.1) is 21.3 Å². The molecule has 3 aromatic rings. The summed E-state index contributed by atoms with van der Waals surface area (Å²) in [5, 5.41) is 2.84. The van der Waals surface area contributed by atoms with E-state index in [9.17, 15) is 9.59 Å². The molecular formula is C25H23NO5. The fraction of sp³-hybridized carbons (Fsp3) is 0.120. The number of amides is 1. The van der Waals surface area contributed by atoms with Crippen LogP contribution in [0.15, 0.2) is 72.8 Å². The Morgan fingerprint density at radius 2 is 1.48 bits per heavy atom. The third-order valence-corrected chi connectivity index (χ3v) is 4.57. The van der Waals surface area contributed by atoms with E-state index in [1.807, 2.05) is 36.4 Å². The molecule has 0 spiro atoms. The first-order chi connectivity index (χ1) is 15.0. The lowest BCUT2D eigenvalue weighted by Crippen LogP contribution is -2.11. The van der Waals surface area contributed by atoms with Gasteiger partial charge in [-0.3, -0.25) is 9.59 Å². The number of carbonyl (C=O) groups is 2. The fourth-order valence-electron chi connectivity index (χ4n) is 3.01. The molecule has 0 aliphatic carbocycles. The van der Waals surface area contributed by atoms with Gasteiger partial charge in [-0.15, -0.1) is 0 Å². The van der Waals surface area contributed by atoms with E-state index in [0.29, 0.717) is 39.6 Å². The maximum absolute atomic E-state index is 12.9. The average molecular weight is 417 g/mol. The van der Waals surface area contributed by atoms with Gasteiger partial charge in [0.25, 0.3) is 5.91 Å². The number of carbonyl (C=O) groups excluding carboxylic acids is 2. The molecule has 0 aromatic heterocycles. The van der Waals surface area contributed by atoms with Crippen molar-refractivity contribution in [2.45, 2.75) is 0 Å². The molecule has 1 amide bonds. The van der Waals surface area contributed by atoms with Gasteiger partial charge in [-0.1, -0.05) is 36.4 Å². The number of ketones is 1. The smallest absolute Gasteiger partial charge is 0.255 e. The summed E-state index contributed by atoms with van der Waals surface area (Å²) in [7, 11) is 4.48. The molecule has 6 nitrogen and oxygen atoms in total. The van der Waals surface area contributed by atoms with Gasteiger partial charge in [0.15, 0.2) is 5.78 Å². The Labute approximate surface area is 181 Å². The maximum Gasteiger partial charge on any atom is 0.255 e. The third-order valence-electron chi connectivity index (χ3n) is 4.57. The Hall–Kier alpha value is -4.06. The summed E-state index contributed by atoms with van der Waals surface area (Å²) in [6.07, 6.45) is 3.06. The lowest BCUT2D eigenvalue weighted by Gasteiger charge is -2.13. The SMILES string of the molecule is COc1cc(OC)c(C(=O)/C=C/c2cccc(C(=O)Nc3ccccc3)c2)c(OC)c1. The molecule has 0 bridgehead atoms. The van der Waals surface area contributed by atoms with Crippen LogP contribution in [-0.4, -0.2) is 33.0 Å². The molecule has 0 atom stereocenters. The van der Waals surface area contributed by atoms with E-state index in [2.05, 4.69) is 5.32 Å². The van der Waals surface area contributed by atoms with Gasteiger partial charge in [-0.25, -0.2) is 0 Å². The molecule has 3 rings (SSSR count). The average Bonchev–Trinajstić information content (AvgIpc) is 2.82. The predicted octanol–water partition coefficient (Wildman–Crippen LogP) is 4.86. The van der Waals surface area contributed by atoms with Crippen LogP contribution >= 0.6 is 0 Å². The first kappa shape index (κ1) is 21.6. The minimum Gasteiger partial charge on any atom is -0.496 e. The highest BCUT2D eigenvalue weighted by atomic mass is 16.5. The number of anilines is 1. The summed E-state index contributed by atoms with van der Waals surface area (Å²) >= 11 is 0. The van der Waals surface area contributed by atoms with Gasteiger partial charge in [0, 0.05) is 23.4 Å². The molecule has 0 saturated heterocycles. The summed E-state index contributed by atoms with van der Waals surface area (Å²) in [5.41, 5.74) is 2.20. The van der Waals surface area contributed by atoms with Crippen molar-refractivity contribution in [3.63, 3.8) is 0 Å². The van der Waals surface area contributed by atoms with Crippen molar-refractivity contribution < 1.29 is 23.8 Å². The van der Waals surface area contributed by atoms with Crippen LogP contribution in [0.1, 0.15) is 26.3 Å². The number of hydrogen-bond donors (Lipinski definition) is 1. The topological polar surface area (TPSA) is 73.9 Å². The van der Waals surface area contributed by atoms with Crippen LogP contribution in [0.25, 0.3) is 6.08 Å². The molecule has 31 heavy (non-hydrogen) atoms. The zero-order valence-electron chi connectivity index (χ0n) is 17.5. The molecule has 0 saturated carbocycles. The predicted molar refractivity (Wildman–Crippen MR) is 120 cm³/mol. The number of nitrogens with one attached hydrogen (secondary N) is 1. The van der Waals surface area contributed by atoms with Gasteiger partial charge in [-0.2, -0.15) is 0 Å². The second kappa shape index (κ2) is 10.1. The third kappa shape index (κ3) is 5.30. The molecule has 0 radical (unpaired) electrons. The number of ether oxygens (including phenoxy) is 3. The molecule has 0 heterocycles. The Morgan fingerprint density at radius 3 is 2.10 bits per heavy atom. The van der Waals surface area contributed by atoms with Gasteiger partial charge in [-0.05, 0) is 35.9 Å². The van der Waals surface area contributed by atoms with Crippen LogP contribution in [0.4, 0.5) is 5.69 Å². The Bertz CT molecular complexity index is 1080. The Kier molecular flexibility index (Phi) is 7.06. The van der Waals surface area contributed by atoms with E-state index in [1.54, 1.807) is 36.4 Å². The zero-order chi connectivity index (χ0) is 22.2. The molecule has 0 fully saturated rings. The fourth-order valence-corrected chi connectivity index (χ4v) is 3.01. The van der Waals surface area contributed by atoms with E-state index in [4.69, 9.17) is 14.2 Å². The van der Waals surface area contributed by atoms with Crippen LogP contribution < -0.4 is 19.5 Å². The highest BCUT2D eigenvalue weighted by Gasteiger charge is 2.18. The van der Waals surface area contributed by atoms with Crippen LogP contribution in [0.3, 0.4) is 0 Å². The summed E-state index contributed by atoms with van der Waals surface area (Å²) in [4.78, 5) is 25.4. The molecule has 1 N–H and O–H groups in total. The van der Waals surface area contributed by atoms with E-state index >= 15 is 0 Å². The molecule has 3 aromatic carbocycles. The standard InChI is InChI=1S/C25H23NO5/c1-29-20-15-22(30-2)24(23(16-20)31-3)21(27)13-12-17-8-7-9-18(14-17)25(28)26-19-10-5-4-6-11-19/h4-16H,1-3H3,(H,26,28)/b13-12+. The van der Waals surface area contributed by atoms with Gasteiger partial charge >= 0.3 is 0 Å². The lowest BCUT2D eigenvalue weighted by atomic mass is 10.0. The highest BCUT2D eigenvalue weighted by Crippen LogP contribution is 2.34. The highest BCUT2D eigenvalue weighted by molar-refractivity contribution is 6.11. The van der Waals surface area contributed by atoms with Crippen LogP contribution in [0.5, 0.6) is 17.2 Å². The summed E-state index contributed by atoms with van der Waals surface area (Å²) in [5.74, 6) is 0.691. The van der Waals surface area contributed by atoms with E-state index < -0.39 is 0 Å². The van der Waals surface area contributed by atoms with E-state index in [0.717, 1.165) is 0 Å². The quantitative estimate of drug-likeness (QED) is 0.418. The monoisotopic (exact) mass is 417 g/mol. The molecular weight excluding hydrogens is 394 g/mol. The minimum absolute atomic E-state index is 0.230. The molecule has 158 valence electrons.